The van der Waals surface area contributed by atoms with Gasteiger partial charge in [0.05, 0.1) is 26.4 Å². The van der Waals surface area contributed by atoms with Crippen LogP contribution in [0.2, 0.25) is 0 Å². The van der Waals surface area contributed by atoms with Crippen molar-refractivity contribution in [2.75, 3.05) is 26.4 Å². The maximum Gasteiger partial charge on any atom is 0.472 e. The monoisotopic (exact) mass is 817 g/mol. The van der Waals surface area contributed by atoms with Crippen molar-refractivity contribution in [2.24, 2.45) is 0 Å². The number of esters is 2. The van der Waals surface area contributed by atoms with Gasteiger partial charge in [0.25, 0.3) is 0 Å². The highest BCUT2D eigenvalue weighted by Gasteiger charge is 2.27. The molecule has 0 aromatic rings. The van der Waals surface area contributed by atoms with Gasteiger partial charge in [0.1, 0.15) is 12.2 Å². The molecule has 11 heteroatoms. The molecular weight excluding hydrogens is 731 g/mol. The standard InChI is InChI=1S/C45H85O10P/c1-3-5-7-9-11-13-15-17-19-20-21-22-23-25-27-29-31-33-35-37-45(49)55-43(39-47)41-53-56(50,51)52-40-42(38-46)54-44(48)36-34-32-30-28-26-24-18-16-14-12-10-8-6-4-2/h11,13,17,19,42-43,46-47H,3-10,12,14-16,18,20-41H2,1-2H3,(H,50,51)/b13-11-,19-17-. The summed E-state index contributed by atoms with van der Waals surface area (Å²) >= 11 is 0. The van der Waals surface area contributed by atoms with Crippen molar-refractivity contribution in [1.29, 1.82) is 0 Å². The molecule has 0 amide bonds. The van der Waals surface area contributed by atoms with Gasteiger partial charge in [-0.15, -0.1) is 0 Å². The summed E-state index contributed by atoms with van der Waals surface area (Å²) in [5, 5.41) is 19.2. The number of unbranched alkanes of at least 4 members (excludes halogenated alkanes) is 25. The quantitative estimate of drug-likeness (QED) is 0.0235. The summed E-state index contributed by atoms with van der Waals surface area (Å²) < 4.78 is 32.6. The lowest BCUT2D eigenvalue weighted by Gasteiger charge is -2.20. The van der Waals surface area contributed by atoms with E-state index in [0.717, 1.165) is 51.4 Å². The second-order valence-electron chi connectivity index (χ2n) is 15.4. The zero-order valence-electron chi connectivity index (χ0n) is 35.9. The summed E-state index contributed by atoms with van der Waals surface area (Å²) in [5.41, 5.74) is 0. The third-order valence-electron chi connectivity index (χ3n) is 9.92. The number of carbonyl (C=O) groups is 2. The highest BCUT2D eigenvalue weighted by Crippen LogP contribution is 2.43. The molecule has 0 bridgehead atoms. The maximum atomic E-state index is 12.4. The SMILES string of the molecule is CCCCC/C=C\C/C=C\CCCCCCCCCCCC(=O)OC(CO)COP(=O)(O)OCC(CO)OC(=O)CCCCCCCCCCCCCCCC. The molecule has 0 rings (SSSR count). The lowest BCUT2D eigenvalue weighted by Crippen LogP contribution is -2.28. The van der Waals surface area contributed by atoms with Crippen LogP contribution >= 0.6 is 7.82 Å². The van der Waals surface area contributed by atoms with Gasteiger partial charge < -0.3 is 24.6 Å². The second kappa shape index (κ2) is 41.6. The van der Waals surface area contributed by atoms with Gasteiger partial charge in [-0.2, -0.15) is 0 Å². The van der Waals surface area contributed by atoms with E-state index in [1.165, 1.54) is 122 Å². The van der Waals surface area contributed by atoms with Gasteiger partial charge in [-0.3, -0.25) is 18.6 Å². The second-order valence-corrected chi connectivity index (χ2v) is 16.8. The molecule has 0 radical (unpaired) electrons. The molecule has 0 aromatic carbocycles. The van der Waals surface area contributed by atoms with E-state index >= 15 is 0 Å². The number of hydrogen-bond acceptors (Lipinski definition) is 9. The van der Waals surface area contributed by atoms with E-state index in [4.69, 9.17) is 18.5 Å². The Bertz CT molecular complexity index is 988. The molecule has 0 aliphatic rings. The molecule has 0 spiro atoms. The molecule has 3 unspecified atom stereocenters. The predicted octanol–water partition coefficient (Wildman–Crippen LogP) is 12.2. The van der Waals surface area contributed by atoms with Crippen molar-refractivity contribution < 1.29 is 47.8 Å². The van der Waals surface area contributed by atoms with Crippen LogP contribution in [0, 0.1) is 0 Å². The van der Waals surface area contributed by atoms with Crippen molar-refractivity contribution >= 4 is 19.8 Å². The Balaban J connectivity index is 3.88. The first-order valence-electron chi connectivity index (χ1n) is 22.8. The molecule has 0 saturated heterocycles. The summed E-state index contributed by atoms with van der Waals surface area (Å²) in [6, 6.07) is 0. The minimum Gasteiger partial charge on any atom is -0.457 e. The molecule has 0 saturated carbocycles. The molecule has 56 heavy (non-hydrogen) atoms. The number of allylic oxidation sites excluding steroid dienone is 4. The van der Waals surface area contributed by atoms with Crippen LogP contribution in [-0.4, -0.2) is 65.7 Å². The van der Waals surface area contributed by atoms with Gasteiger partial charge in [0.15, 0.2) is 0 Å². The molecule has 3 atom stereocenters. The fourth-order valence-electron chi connectivity index (χ4n) is 6.38. The van der Waals surface area contributed by atoms with Gasteiger partial charge in [0.2, 0.25) is 0 Å². The van der Waals surface area contributed by atoms with Crippen molar-refractivity contribution in [1.82, 2.24) is 0 Å². The lowest BCUT2D eigenvalue weighted by molar-refractivity contribution is -0.153. The van der Waals surface area contributed by atoms with E-state index in [0.29, 0.717) is 12.8 Å². The molecule has 0 heterocycles. The van der Waals surface area contributed by atoms with Crippen molar-refractivity contribution in [3.63, 3.8) is 0 Å². The number of ether oxygens (including phenoxy) is 2. The third kappa shape index (κ3) is 39.3. The van der Waals surface area contributed by atoms with Crippen LogP contribution in [0.4, 0.5) is 0 Å². The van der Waals surface area contributed by atoms with Gasteiger partial charge in [-0.05, 0) is 44.9 Å². The first kappa shape index (κ1) is 54.5. The van der Waals surface area contributed by atoms with Crippen molar-refractivity contribution in [3.05, 3.63) is 24.3 Å². The predicted molar refractivity (Wildman–Crippen MR) is 228 cm³/mol. The Hall–Kier alpha value is -1.55. The summed E-state index contributed by atoms with van der Waals surface area (Å²) in [5.74, 6) is -1.02. The number of phosphoric ester groups is 1. The molecular formula is C45H85O10P. The van der Waals surface area contributed by atoms with Crippen molar-refractivity contribution in [3.8, 4) is 0 Å². The molecule has 0 aliphatic carbocycles. The minimum absolute atomic E-state index is 0.189. The average Bonchev–Trinajstić information content (AvgIpc) is 3.19. The van der Waals surface area contributed by atoms with E-state index in [1.54, 1.807) is 0 Å². The Morgan fingerprint density at radius 1 is 0.482 bits per heavy atom. The first-order valence-corrected chi connectivity index (χ1v) is 24.3. The normalized spacial score (nSPS) is 14.0. The molecule has 0 aliphatic heterocycles. The topological polar surface area (TPSA) is 149 Å². The van der Waals surface area contributed by atoms with Crippen molar-refractivity contribution in [2.45, 2.75) is 225 Å². The maximum absolute atomic E-state index is 12.4. The number of rotatable bonds is 43. The Morgan fingerprint density at radius 2 is 0.786 bits per heavy atom. The zero-order valence-corrected chi connectivity index (χ0v) is 36.8. The highest BCUT2D eigenvalue weighted by molar-refractivity contribution is 7.47. The highest BCUT2D eigenvalue weighted by atomic mass is 31.2. The van der Waals surface area contributed by atoms with Gasteiger partial charge in [-0.25, -0.2) is 4.57 Å². The van der Waals surface area contributed by atoms with E-state index in [9.17, 15) is 29.3 Å². The number of phosphoric acid groups is 1. The fraction of sp³-hybridized carbons (Fsp3) is 0.867. The summed E-state index contributed by atoms with van der Waals surface area (Å²) in [4.78, 5) is 34.5. The van der Waals surface area contributed by atoms with Gasteiger partial charge in [0, 0.05) is 12.8 Å². The van der Waals surface area contributed by atoms with Gasteiger partial charge in [-0.1, -0.05) is 179 Å². The Kier molecular flexibility index (Phi) is 40.5. The molecule has 3 N–H and O–H groups in total. The van der Waals surface area contributed by atoms with E-state index in [-0.39, 0.29) is 12.8 Å². The van der Waals surface area contributed by atoms with Crippen LogP contribution in [-0.2, 0) is 32.7 Å². The molecule has 0 aromatic heterocycles. The first-order chi connectivity index (χ1) is 27.3. The lowest BCUT2D eigenvalue weighted by atomic mass is 10.0. The van der Waals surface area contributed by atoms with Crippen LogP contribution in [0.1, 0.15) is 213 Å². The third-order valence-corrected chi connectivity index (χ3v) is 10.9. The largest absolute Gasteiger partial charge is 0.472 e. The molecule has 0 fully saturated rings. The molecule has 10 nitrogen and oxygen atoms in total. The summed E-state index contributed by atoms with van der Waals surface area (Å²) in [6.45, 7) is 2.20. The van der Waals surface area contributed by atoms with Crippen LogP contribution in [0.5, 0.6) is 0 Å². The summed E-state index contributed by atoms with van der Waals surface area (Å²) in [6.07, 6.45) is 41.4. The van der Waals surface area contributed by atoms with Gasteiger partial charge >= 0.3 is 19.8 Å². The van der Waals surface area contributed by atoms with E-state index in [1.807, 2.05) is 0 Å². The Labute approximate surface area is 342 Å². The van der Waals surface area contributed by atoms with E-state index < -0.39 is 58.4 Å². The number of carbonyl (C=O) groups excluding carboxylic acids is 2. The number of aliphatic hydroxyl groups excluding tert-OH is 2. The van der Waals surface area contributed by atoms with E-state index in [2.05, 4.69) is 38.2 Å². The number of aliphatic hydroxyl groups is 2. The number of hydrogen-bond donors (Lipinski definition) is 3. The molecule has 330 valence electrons. The zero-order chi connectivity index (χ0) is 41.2. The summed E-state index contributed by atoms with van der Waals surface area (Å²) in [7, 11) is -4.63. The average molecular weight is 817 g/mol. The van der Waals surface area contributed by atoms with Crippen LogP contribution < -0.4 is 0 Å². The van der Waals surface area contributed by atoms with Crippen LogP contribution in [0.3, 0.4) is 0 Å². The smallest absolute Gasteiger partial charge is 0.457 e. The fourth-order valence-corrected chi connectivity index (χ4v) is 7.17. The minimum atomic E-state index is -4.63. The Morgan fingerprint density at radius 3 is 1.14 bits per heavy atom. The van der Waals surface area contributed by atoms with Crippen LogP contribution in [0.25, 0.3) is 0 Å². The van der Waals surface area contributed by atoms with Crippen LogP contribution in [0.15, 0.2) is 24.3 Å².